The molecule has 0 saturated heterocycles. The molecule has 36 heavy (non-hydrogen) atoms. The zero-order chi connectivity index (χ0) is 26.0. The highest BCUT2D eigenvalue weighted by Crippen LogP contribution is 2.68. The molecule has 0 amide bonds. The number of nitrogens with zero attached hydrogens (tertiary/aromatic N) is 1. The summed E-state index contributed by atoms with van der Waals surface area (Å²) in [6, 6.07) is 12.9. The molecule has 0 bridgehead atoms. The number of halogens is 4. The van der Waals surface area contributed by atoms with Crippen molar-refractivity contribution in [3.63, 3.8) is 0 Å². The molecule has 2 aromatic carbocycles. The number of methoxy groups -OCH3 is 1. The third kappa shape index (κ3) is 3.07. The quantitative estimate of drug-likeness (QED) is 0.391. The van der Waals surface area contributed by atoms with Gasteiger partial charge < -0.3 is 19.7 Å². The maximum Gasteiger partial charge on any atom is 0.416 e. The van der Waals surface area contributed by atoms with E-state index in [1.54, 1.807) is 30.3 Å². The number of aliphatic hydroxyl groups is 1. The highest BCUT2D eigenvalue weighted by Gasteiger charge is 2.79. The van der Waals surface area contributed by atoms with Gasteiger partial charge in [-0.05, 0) is 23.3 Å². The highest BCUT2D eigenvalue weighted by atomic mass is 35.5. The molecule has 11 heteroatoms. The predicted molar refractivity (Wildman–Crippen MR) is 119 cm³/mol. The first-order valence-corrected chi connectivity index (χ1v) is 11.0. The number of hydrogen-bond donors (Lipinski definition) is 2. The van der Waals surface area contributed by atoms with Crippen LogP contribution in [0, 0.1) is 5.92 Å². The van der Waals surface area contributed by atoms with Gasteiger partial charge in [-0.15, -0.1) is 0 Å². The number of benzene rings is 2. The van der Waals surface area contributed by atoms with Crippen molar-refractivity contribution in [3.05, 3.63) is 88.1 Å². The first kappa shape index (κ1) is 24.1. The Kier molecular flexibility index (Phi) is 5.31. The van der Waals surface area contributed by atoms with Gasteiger partial charge in [0, 0.05) is 6.07 Å². The third-order valence-electron chi connectivity index (χ3n) is 6.76. The van der Waals surface area contributed by atoms with E-state index in [1.165, 1.54) is 13.2 Å². The number of ether oxygens (including phenoxy) is 2. The second-order valence-electron chi connectivity index (χ2n) is 8.52. The minimum atomic E-state index is -4.65. The topological polar surface area (TPSA) is 106 Å². The molecule has 1 saturated carbocycles. The van der Waals surface area contributed by atoms with Crippen LogP contribution in [-0.2, 0) is 27.0 Å². The molecule has 1 aromatic heterocycles. The van der Waals surface area contributed by atoms with Crippen LogP contribution in [0.4, 0.5) is 13.2 Å². The maximum absolute atomic E-state index is 13.8. The smallest absolute Gasteiger partial charge is 0.416 e. The standard InChI is InChI=1S/C25H17ClF3NO6/c1-35-21-19-15(11-16(26)30-21)36-24(13-7-9-14(10-8-13)25(27,28)29)18(12-5-3-2-4-6-12)17(22(32)33)20(31)23(19,24)34/h2-11,17-18,34H,1H3,(H,32,33)/t17-,18-,23+,24+/m1/s1. The molecule has 7 nitrogen and oxygen atoms in total. The molecule has 1 fully saturated rings. The van der Waals surface area contributed by atoms with Crippen molar-refractivity contribution in [3.8, 4) is 11.6 Å². The summed E-state index contributed by atoms with van der Waals surface area (Å²) in [5.41, 5.74) is -5.81. The van der Waals surface area contributed by atoms with E-state index in [0.29, 0.717) is 5.56 Å². The van der Waals surface area contributed by atoms with Crippen molar-refractivity contribution >= 4 is 23.4 Å². The number of hydrogen-bond acceptors (Lipinski definition) is 6. The van der Waals surface area contributed by atoms with Gasteiger partial charge in [-0.3, -0.25) is 9.59 Å². The number of fused-ring (bicyclic) bond motifs is 3. The van der Waals surface area contributed by atoms with E-state index in [1.807, 2.05) is 0 Å². The lowest BCUT2D eigenvalue weighted by Gasteiger charge is -2.39. The molecule has 2 N–H and O–H groups in total. The summed E-state index contributed by atoms with van der Waals surface area (Å²) in [5.74, 6) is -6.19. The van der Waals surface area contributed by atoms with Gasteiger partial charge in [-0.25, -0.2) is 4.98 Å². The van der Waals surface area contributed by atoms with Crippen molar-refractivity contribution in [1.82, 2.24) is 4.98 Å². The largest absolute Gasteiger partial charge is 0.481 e. The van der Waals surface area contributed by atoms with Gasteiger partial charge in [0.1, 0.15) is 16.8 Å². The molecule has 0 radical (unpaired) electrons. The fourth-order valence-corrected chi connectivity index (χ4v) is 5.54. The Labute approximate surface area is 207 Å². The summed E-state index contributed by atoms with van der Waals surface area (Å²) < 4.78 is 51.5. The molecule has 0 spiro atoms. The number of aliphatic carboxylic acids is 1. The monoisotopic (exact) mass is 519 g/mol. The van der Waals surface area contributed by atoms with Crippen molar-refractivity contribution < 1.29 is 42.4 Å². The molecule has 0 unspecified atom stereocenters. The lowest BCUT2D eigenvalue weighted by molar-refractivity contribution is -0.154. The summed E-state index contributed by atoms with van der Waals surface area (Å²) in [5, 5.41) is 22.2. The molecule has 1 aliphatic carbocycles. The molecule has 186 valence electrons. The number of rotatable bonds is 4. The molecule has 2 aliphatic rings. The van der Waals surface area contributed by atoms with Crippen molar-refractivity contribution in [2.45, 2.75) is 23.3 Å². The SMILES string of the molecule is COc1nc(Cl)cc2c1[C@]1(O)C(=O)[C@H](C(=O)O)[C@@H](c3ccccc3)[C@]1(c1ccc(C(F)(F)F)cc1)O2. The number of carbonyl (C=O) groups excluding carboxylic acids is 1. The van der Waals surface area contributed by atoms with Gasteiger partial charge in [0.05, 0.1) is 24.2 Å². The molecule has 3 aromatic rings. The van der Waals surface area contributed by atoms with Gasteiger partial charge in [0.25, 0.3) is 0 Å². The van der Waals surface area contributed by atoms with Gasteiger partial charge in [-0.1, -0.05) is 54.1 Å². The normalized spacial score (nSPS) is 26.8. The van der Waals surface area contributed by atoms with Crippen LogP contribution < -0.4 is 9.47 Å². The summed E-state index contributed by atoms with van der Waals surface area (Å²) >= 11 is 6.08. The predicted octanol–water partition coefficient (Wildman–Crippen LogP) is 4.31. The van der Waals surface area contributed by atoms with Gasteiger partial charge in [0.2, 0.25) is 11.5 Å². The Balaban J connectivity index is 1.88. The number of alkyl halides is 3. The Morgan fingerprint density at radius 3 is 2.33 bits per heavy atom. The molecular weight excluding hydrogens is 503 g/mol. The van der Waals surface area contributed by atoms with Crippen LogP contribution in [0.25, 0.3) is 0 Å². The zero-order valence-corrected chi connectivity index (χ0v) is 19.2. The fourth-order valence-electron chi connectivity index (χ4n) is 5.37. The molecule has 5 rings (SSSR count). The second kappa shape index (κ2) is 7.94. The number of pyridine rings is 1. The highest BCUT2D eigenvalue weighted by molar-refractivity contribution is 6.29. The van der Waals surface area contributed by atoms with Crippen LogP contribution in [0.1, 0.15) is 28.2 Å². The van der Waals surface area contributed by atoms with Gasteiger partial charge in [0.15, 0.2) is 11.4 Å². The number of carbonyl (C=O) groups is 2. The van der Waals surface area contributed by atoms with Crippen LogP contribution in [0.5, 0.6) is 11.6 Å². The minimum Gasteiger partial charge on any atom is -0.481 e. The van der Waals surface area contributed by atoms with E-state index >= 15 is 0 Å². The number of Topliss-reactive ketones (excluding diaryl/α,β-unsaturated/α-hetero) is 1. The summed E-state index contributed by atoms with van der Waals surface area (Å²) in [7, 11) is 1.21. The lowest BCUT2D eigenvalue weighted by Crippen LogP contribution is -2.50. The van der Waals surface area contributed by atoms with E-state index in [4.69, 9.17) is 21.1 Å². The van der Waals surface area contributed by atoms with Crippen LogP contribution in [0.15, 0.2) is 60.7 Å². The van der Waals surface area contributed by atoms with Gasteiger partial charge >= 0.3 is 12.1 Å². The number of carboxylic acid groups (broad SMARTS) is 1. The first-order valence-electron chi connectivity index (χ1n) is 10.6. The van der Waals surface area contributed by atoms with E-state index in [0.717, 1.165) is 24.3 Å². The van der Waals surface area contributed by atoms with Crippen molar-refractivity contribution in [2.24, 2.45) is 5.92 Å². The number of aromatic nitrogens is 1. The average Bonchev–Trinajstić information content (AvgIpc) is 3.21. The van der Waals surface area contributed by atoms with Crippen LogP contribution in [0.2, 0.25) is 5.15 Å². The Hall–Kier alpha value is -3.63. The molecule has 2 heterocycles. The zero-order valence-electron chi connectivity index (χ0n) is 18.4. The van der Waals surface area contributed by atoms with E-state index < -0.39 is 46.5 Å². The van der Waals surface area contributed by atoms with E-state index in [-0.39, 0.29) is 27.9 Å². The van der Waals surface area contributed by atoms with Crippen LogP contribution in [0.3, 0.4) is 0 Å². The van der Waals surface area contributed by atoms with Crippen molar-refractivity contribution in [2.75, 3.05) is 7.11 Å². The summed E-state index contributed by atoms with van der Waals surface area (Å²) in [4.78, 5) is 30.3. The Morgan fingerprint density at radius 2 is 1.78 bits per heavy atom. The van der Waals surface area contributed by atoms with Crippen LogP contribution >= 0.6 is 11.6 Å². The number of carboxylic acids is 1. The first-order chi connectivity index (χ1) is 17.0. The lowest BCUT2D eigenvalue weighted by atomic mass is 9.71. The third-order valence-corrected chi connectivity index (χ3v) is 6.95. The fraction of sp³-hybridized carbons (Fsp3) is 0.240. The summed E-state index contributed by atoms with van der Waals surface area (Å²) in [6.45, 7) is 0. The molecule has 4 atom stereocenters. The van der Waals surface area contributed by atoms with E-state index in [9.17, 15) is 33.0 Å². The van der Waals surface area contributed by atoms with Crippen LogP contribution in [-0.4, -0.2) is 34.1 Å². The maximum atomic E-state index is 13.8. The average molecular weight is 520 g/mol. The Bertz CT molecular complexity index is 1380. The summed E-state index contributed by atoms with van der Waals surface area (Å²) in [6.07, 6.45) is -4.65. The Morgan fingerprint density at radius 1 is 1.14 bits per heavy atom. The molecular formula is C25H17ClF3NO6. The second-order valence-corrected chi connectivity index (χ2v) is 8.91. The molecule has 1 aliphatic heterocycles. The van der Waals surface area contributed by atoms with Crippen molar-refractivity contribution in [1.29, 1.82) is 0 Å². The van der Waals surface area contributed by atoms with E-state index in [2.05, 4.69) is 4.98 Å². The minimum absolute atomic E-state index is 0.0432. The number of ketones is 1. The van der Waals surface area contributed by atoms with Gasteiger partial charge in [-0.2, -0.15) is 13.2 Å².